The van der Waals surface area contributed by atoms with E-state index in [1.807, 2.05) is 21.0 Å². The zero-order valence-corrected chi connectivity index (χ0v) is 14.0. The van der Waals surface area contributed by atoms with Crippen molar-refractivity contribution in [2.45, 2.75) is 33.2 Å². The van der Waals surface area contributed by atoms with Gasteiger partial charge in [-0.1, -0.05) is 45.0 Å². The van der Waals surface area contributed by atoms with Crippen LogP contribution in [0.5, 0.6) is 0 Å². The van der Waals surface area contributed by atoms with E-state index < -0.39 is 0 Å². The third-order valence-electron chi connectivity index (χ3n) is 3.37. The van der Waals surface area contributed by atoms with Crippen molar-refractivity contribution in [2.75, 3.05) is 20.6 Å². The molecule has 3 nitrogen and oxygen atoms in total. The Hall–Kier alpha value is -1.06. The van der Waals surface area contributed by atoms with Crippen LogP contribution in [0.3, 0.4) is 0 Å². The summed E-state index contributed by atoms with van der Waals surface area (Å²) in [6, 6.07) is 8.52. The molecule has 1 amide bonds. The number of benzene rings is 1. The van der Waals surface area contributed by atoms with Gasteiger partial charge in [-0.05, 0) is 24.1 Å². The maximum Gasteiger partial charge on any atom is 0.226 e. The monoisotopic (exact) mass is 298 g/mol. The zero-order chi connectivity index (χ0) is 14.4. The molecular weight excluding hydrogens is 272 g/mol. The molecule has 1 unspecified atom stereocenters. The Labute approximate surface area is 129 Å². The fourth-order valence-electron chi connectivity index (χ4n) is 2.13. The van der Waals surface area contributed by atoms with Gasteiger partial charge in [0.25, 0.3) is 0 Å². The molecule has 0 saturated carbocycles. The first kappa shape index (κ1) is 18.9. The maximum absolute atomic E-state index is 12.1. The van der Waals surface area contributed by atoms with Crippen LogP contribution in [-0.4, -0.2) is 31.4 Å². The molecule has 0 bridgehead atoms. The van der Waals surface area contributed by atoms with Gasteiger partial charge in [-0.2, -0.15) is 0 Å². The molecule has 0 saturated heterocycles. The Bertz CT molecular complexity index is 403. The van der Waals surface area contributed by atoms with E-state index in [2.05, 4.69) is 43.4 Å². The highest BCUT2D eigenvalue weighted by Gasteiger charge is 2.16. The molecule has 1 atom stereocenters. The van der Waals surface area contributed by atoms with Crippen LogP contribution in [0.25, 0.3) is 0 Å². The molecule has 0 aromatic heterocycles. The van der Waals surface area contributed by atoms with E-state index in [9.17, 15) is 4.79 Å². The SMILES string of the molecule is CNCC(C)C(=O)N(C)Cc1ccc(C(C)C)cc1.Cl. The van der Waals surface area contributed by atoms with Crippen molar-refractivity contribution in [3.05, 3.63) is 35.4 Å². The zero-order valence-electron chi connectivity index (χ0n) is 13.1. The summed E-state index contributed by atoms with van der Waals surface area (Å²) in [5.74, 6) is 0.747. The van der Waals surface area contributed by atoms with Crippen molar-refractivity contribution in [3.8, 4) is 0 Å². The number of nitrogens with zero attached hydrogens (tertiary/aromatic N) is 1. The minimum Gasteiger partial charge on any atom is -0.341 e. The van der Waals surface area contributed by atoms with Gasteiger partial charge in [-0.25, -0.2) is 0 Å². The van der Waals surface area contributed by atoms with E-state index in [0.717, 1.165) is 6.54 Å². The first-order chi connectivity index (χ1) is 8.95. The lowest BCUT2D eigenvalue weighted by atomic mass is 10.0. The number of amides is 1. The third-order valence-corrected chi connectivity index (χ3v) is 3.37. The van der Waals surface area contributed by atoms with Gasteiger partial charge in [0.2, 0.25) is 5.91 Å². The summed E-state index contributed by atoms with van der Waals surface area (Å²) < 4.78 is 0. The normalized spacial score (nSPS) is 11.9. The third kappa shape index (κ3) is 5.51. The second kappa shape index (κ2) is 8.98. The van der Waals surface area contributed by atoms with Gasteiger partial charge >= 0.3 is 0 Å². The molecule has 1 aromatic rings. The lowest BCUT2D eigenvalue weighted by Gasteiger charge is -2.21. The van der Waals surface area contributed by atoms with Crippen LogP contribution in [0.4, 0.5) is 0 Å². The van der Waals surface area contributed by atoms with Gasteiger partial charge in [-0.3, -0.25) is 4.79 Å². The molecule has 1 rings (SSSR count). The molecular formula is C16H27ClN2O. The number of hydrogen-bond acceptors (Lipinski definition) is 2. The van der Waals surface area contributed by atoms with Crippen molar-refractivity contribution in [1.82, 2.24) is 10.2 Å². The summed E-state index contributed by atoms with van der Waals surface area (Å²) >= 11 is 0. The molecule has 0 aliphatic carbocycles. The van der Waals surface area contributed by atoms with E-state index in [1.165, 1.54) is 11.1 Å². The molecule has 1 N–H and O–H groups in total. The van der Waals surface area contributed by atoms with Gasteiger partial charge < -0.3 is 10.2 Å². The lowest BCUT2D eigenvalue weighted by molar-refractivity contribution is -0.134. The first-order valence-electron chi connectivity index (χ1n) is 6.94. The number of carbonyl (C=O) groups is 1. The van der Waals surface area contributed by atoms with Crippen molar-refractivity contribution in [1.29, 1.82) is 0 Å². The summed E-state index contributed by atoms with van der Waals surface area (Å²) in [5.41, 5.74) is 2.51. The number of nitrogens with one attached hydrogen (secondary N) is 1. The van der Waals surface area contributed by atoms with Gasteiger partial charge in [0.05, 0.1) is 0 Å². The Morgan fingerprint density at radius 2 is 1.75 bits per heavy atom. The molecule has 20 heavy (non-hydrogen) atoms. The minimum atomic E-state index is 0. The summed E-state index contributed by atoms with van der Waals surface area (Å²) in [4.78, 5) is 13.9. The summed E-state index contributed by atoms with van der Waals surface area (Å²) in [6.07, 6.45) is 0. The first-order valence-corrected chi connectivity index (χ1v) is 6.94. The van der Waals surface area contributed by atoms with Gasteiger partial charge in [0.15, 0.2) is 0 Å². The van der Waals surface area contributed by atoms with Crippen molar-refractivity contribution in [2.24, 2.45) is 5.92 Å². The van der Waals surface area contributed by atoms with Gasteiger partial charge in [0, 0.05) is 26.1 Å². The van der Waals surface area contributed by atoms with E-state index in [1.54, 1.807) is 4.90 Å². The molecule has 0 heterocycles. The van der Waals surface area contributed by atoms with Crippen molar-refractivity contribution in [3.63, 3.8) is 0 Å². The molecule has 114 valence electrons. The highest BCUT2D eigenvalue weighted by molar-refractivity contribution is 5.85. The molecule has 0 fully saturated rings. The summed E-state index contributed by atoms with van der Waals surface area (Å²) in [5, 5.41) is 3.04. The average molecular weight is 299 g/mol. The van der Waals surface area contributed by atoms with Crippen molar-refractivity contribution >= 4 is 18.3 Å². The fourth-order valence-corrected chi connectivity index (χ4v) is 2.13. The van der Waals surface area contributed by atoms with E-state index in [4.69, 9.17) is 0 Å². The second-order valence-corrected chi connectivity index (χ2v) is 5.55. The highest BCUT2D eigenvalue weighted by Crippen LogP contribution is 2.15. The van der Waals surface area contributed by atoms with E-state index in [-0.39, 0.29) is 24.2 Å². The second-order valence-electron chi connectivity index (χ2n) is 5.55. The molecule has 0 radical (unpaired) electrons. The summed E-state index contributed by atoms with van der Waals surface area (Å²) in [6.45, 7) is 7.71. The molecule has 4 heteroatoms. The Morgan fingerprint density at radius 1 is 1.20 bits per heavy atom. The fraction of sp³-hybridized carbons (Fsp3) is 0.562. The number of hydrogen-bond donors (Lipinski definition) is 1. The molecule has 0 aliphatic heterocycles. The lowest BCUT2D eigenvalue weighted by Crippen LogP contribution is -2.35. The van der Waals surface area contributed by atoms with Crippen molar-refractivity contribution < 1.29 is 4.79 Å². The molecule has 1 aromatic carbocycles. The maximum atomic E-state index is 12.1. The smallest absolute Gasteiger partial charge is 0.226 e. The highest BCUT2D eigenvalue weighted by atomic mass is 35.5. The Morgan fingerprint density at radius 3 is 2.20 bits per heavy atom. The standard InChI is InChI=1S/C16H26N2O.ClH/c1-12(2)15-8-6-14(7-9-15)11-18(5)16(19)13(3)10-17-4;/h6-9,12-13,17H,10-11H2,1-5H3;1H. The number of halogens is 1. The topological polar surface area (TPSA) is 32.3 Å². The quantitative estimate of drug-likeness (QED) is 0.875. The molecule has 0 spiro atoms. The van der Waals surface area contributed by atoms with Crippen LogP contribution in [-0.2, 0) is 11.3 Å². The minimum absolute atomic E-state index is 0. The van der Waals surface area contributed by atoms with E-state index >= 15 is 0 Å². The Kier molecular flexibility index (Phi) is 8.51. The largest absolute Gasteiger partial charge is 0.341 e. The van der Waals surface area contributed by atoms with Crippen LogP contribution in [0.2, 0.25) is 0 Å². The Balaban J connectivity index is 0.00000361. The van der Waals surface area contributed by atoms with Crippen LogP contribution in [0.15, 0.2) is 24.3 Å². The van der Waals surface area contributed by atoms with Crippen LogP contribution in [0.1, 0.15) is 37.8 Å². The number of rotatable bonds is 6. The van der Waals surface area contributed by atoms with E-state index in [0.29, 0.717) is 12.5 Å². The average Bonchev–Trinajstić information content (AvgIpc) is 2.38. The van der Waals surface area contributed by atoms with Gasteiger partial charge in [0.1, 0.15) is 0 Å². The predicted molar refractivity (Wildman–Crippen MR) is 87.3 cm³/mol. The van der Waals surface area contributed by atoms with Crippen LogP contribution >= 0.6 is 12.4 Å². The van der Waals surface area contributed by atoms with Crippen LogP contribution < -0.4 is 5.32 Å². The molecule has 0 aliphatic rings. The summed E-state index contributed by atoms with van der Waals surface area (Å²) in [7, 11) is 3.74. The van der Waals surface area contributed by atoms with Gasteiger partial charge in [-0.15, -0.1) is 12.4 Å². The number of carbonyl (C=O) groups excluding carboxylic acids is 1. The predicted octanol–water partition coefficient (Wildman–Crippen LogP) is 3.05. The van der Waals surface area contributed by atoms with Crippen LogP contribution in [0, 0.1) is 5.92 Å².